The van der Waals surface area contributed by atoms with Gasteiger partial charge < -0.3 is 10.1 Å². The number of esters is 1. The molecular formula is C11H13BrClNO2. The molecule has 0 aliphatic carbocycles. The highest BCUT2D eigenvalue weighted by atomic mass is 79.9. The summed E-state index contributed by atoms with van der Waals surface area (Å²) in [5.74, 6) is -0.290. The minimum atomic E-state index is -0.290. The van der Waals surface area contributed by atoms with Crippen LogP contribution in [0.5, 0.6) is 0 Å². The second-order valence-electron chi connectivity index (χ2n) is 3.51. The third-order valence-corrected chi connectivity index (χ3v) is 2.97. The average Bonchev–Trinajstić information content (AvgIpc) is 2.26. The molecular weight excluding hydrogens is 293 g/mol. The molecule has 5 heteroatoms. The molecule has 16 heavy (non-hydrogen) atoms. The second kappa shape index (κ2) is 5.55. The van der Waals surface area contributed by atoms with Gasteiger partial charge in [-0.2, -0.15) is 0 Å². The molecule has 0 saturated carbocycles. The average molecular weight is 307 g/mol. The summed E-state index contributed by atoms with van der Waals surface area (Å²) in [5.41, 5.74) is 2.72. The van der Waals surface area contributed by atoms with Crippen LogP contribution in [0, 0.1) is 0 Å². The summed E-state index contributed by atoms with van der Waals surface area (Å²) in [6.07, 6.45) is 2.11. The zero-order chi connectivity index (χ0) is 10.8. The third-order valence-electron chi connectivity index (χ3n) is 2.51. The Morgan fingerprint density at radius 2 is 2.25 bits per heavy atom. The summed E-state index contributed by atoms with van der Waals surface area (Å²) in [6.45, 7) is 0.915. The van der Waals surface area contributed by atoms with Crippen LogP contribution in [0.1, 0.15) is 22.3 Å². The number of halogens is 2. The molecule has 0 fully saturated rings. The lowest BCUT2D eigenvalue weighted by molar-refractivity contribution is 0.0601. The van der Waals surface area contributed by atoms with E-state index < -0.39 is 0 Å². The minimum absolute atomic E-state index is 0. The van der Waals surface area contributed by atoms with Crippen molar-refractivity contribution in [2.45, 2.75) is 12.8 Å². The Labute approximate surface area is 109 Å². The zero-order valence-corrected chi connectivity index (χ0v) is 11.3. The molecule has 0 spiro atoms. The standard InChI is InChI=1S/C11H12BrNO2.ClH/c1-15-11(14)9-6-8(12)5-7-3-2-4-13-10(7)9;/h5-6,13H,2-4H2,1H3;1H. The Kier molecular flexibility index (Phi) is 4.62. The van der Waals surface area contributed by atoms with Crippen LogP contribution < -0.4 is 5.32 Å². The Balaban J connectivity index is 0.00000128. The number of fused-ring (bicyclic) bond motifs is 1. The summed E-state index contributed by atoms with van der Waals surface area (Å²) < 4.78 is 5.68. The molecule has 1 aromatic carbocycles. The molecule has 0 bridgehead atoms. The molecule has 88 valence electrons. The maximum Gasteiger partial charge on any atom is 0.340 e. The van der Waals surface area contributed by atoms with Gasteiger partial charge in [-0.1, -0.05) is 15.9 Å². The molecule has 1 heterocycles. The van der Waals surface area contributed by atoms with Gasteiger partial charge in [0.25, 0.3) is 0 Å². The molecule has 1 N–H and O–H groups in total. The third kappa shape index (κ3) is 2.50. The second-order valence-corrected chi connectivity index (χ2v) is 4.43. The van der Waals surface area contributed by atoms with E-state index in [-0.39, 0.29) is 18.4 Å². The van der Waals surface area contributed by atoms with Crippen molar-refractivity contribution in [3.63, 3.8) is 0 Å². The van der Waals surface area contributed by atoms with E-state index in [9.17, 15) is 4.79 Å². The number of carbonyl (C=O) groups excluding carboxylic acids is 1. The Morgan fingerprint density at radius 1 is 1.50 bits per heavy atom. The number of rotatable bonds is 1. The van der Waals surface area contributed by atoms with E-state index in [1.54, 1.807) is 6.07 Å². The number of aryl methyl sites for hydroxylation is 1. The number of methoxy groups -OCH3 is 1. The molecule has 0 unspecified atom stereocenters. The molecule has 0 aromatic heterocycles. The van der Waals surface area contributed by atoms with E-state index in [1.165, 1.54) is 12.7 Å². The van der Waals surface area contributed by atoms with Crippen molar-refractivity contribution >= 4 is 40.0 Å². The molecule has 1 aliphatic rings. The van der Waals surface area contributed by atoms with Crippen molar-refractivity contribution in [1.82, 2.24) is 0 Å². The fourth-order valence-corrected chi connectivity index (χ4v) is 2.34. The largest absolute Gasteiger partial charge is 0.465 e. The highest BCUT2D eigenvalue weighted by Gasteiger charge is 2.18. The van der Waals surface area contributed by atoms with Gasteiger partial charge in [0.2, 0.25) is 0 Å². The van der Waals surface area contributed by atoms with Gasteiger partial charge in [-0.25, -0.2) is 4.79 Å². The normalized spacial score (nSPS) is 13.1. The molecule has 0 saturated heterocycles. The number of benzene rings is 1. The van der Waals surface area contributed by atoms with Crippen LogP contribution in [0.4, 0.5) is 5.69 Å². The van der Waals surface area contributed by atoms with Crippen LogP contribution >= 0.6 is 28.3 Å². The molecule has 0 radical (unpaired) electrons. The van der Waals surface area contributed by atoms with Gasteiger partial charge in [-0.05, 0) is 30.5 Å². The van der Waals surface area contributed by atoms with E-state index >= 15 is 0 Å². The fraction of sp³-hybridized carbons (Fsp3) is 0.364. The van der Waals surface area contributed by atoms with Gasteiger partial charge >= 0.3 is 5.97 Å². The summed E-state index contributed by atoms with van der Waals surface area (Å²) in [4.78, 5) is 11.6. The van der Waals surface area contributed by atoms with Crippen LogP contribution in [0.25, 0.3) is 0 Å². The van der Waals surface area contributed by atoms with E-state index in [0.29, 0.717) is 5.56 Å². The lowest BCUT2D eigenvalue weighted by Crippen LogP contribution is -2.16. The monoisotopic (exact) mass is 305 g/mol. The number of hydrogen-bond donors (Lipinski definition) is 1. The molecule has 1 aromatic rings. The number of anilines is 1. The summed E-state index contributed by atoms with van der Waals surface area (Å²) in [6, 6.07) is 3.84. The fourth-order valence-electron chi connectivity index (χ4n) is 1.83. The van der Waals surface area contributed by atoms with E-state index in [2.05, 4.69) is 21.2 Å². The number of nitrogens with one attached hydrogen (secondary N) is 1. The van der Waals surface area contributed by atoms with Crippen molar-refractivity contribution in [3.8, 4) is 0 Å². The number of ether oxygens (including phenoxy) is 1. The SMILES string of the molecule is COC(=O)c1cc(Br)cc2c1NCCC2.Cl. The van der Waals surface area contributed by atoms with Gasteiger partial charge in [-0.15, -0.1) is 12.4 Å². The van der Waals surface area contributed by atoms with Gasteiger partial charge in [0.15, 0.2) is 0 Å². The predicted octanol–water partition coefficient (Wildman–Crippen LogP) is 3.02. The maximum absolute atomic E-state index is 11.6. The Bertz CT molecular complexity index is 409. The maximum atomic E-state index is 11.6. The summed E-state index contributed by atoms with van der Waals surface area (Å²) in [7, 11) is 1.40. The van der Waals surface area contributed by atoms with Crippen LogP contribution in [0.15, 0.2) is 16.6 Å². The van der Waals surface area contributed by atoms with Crippen molar-refractivity contribution in [2.75, 3.05) is 19.0 Å². The highest BCUT2D eigenvalue weighted by Crippen LogP contribution is 2.30. The topological polar surface area (TPSA) is 38.3 Å². The van der Waals surface area contributed by atoms with Gasteiger partial charge in [0, 0.05) is 11.0 Å². The van der Waals surface area contributed by atoms with E-state index in [4.69, 9.17) is 4.74 Å². The number of carbonyl (C=O) groups is 1. The van der Waals surface area contributed by atoms with Crippen LogP contribution in [-0.2, 0) is 11.2 Å². The smallest absolute Gasteiger partial charge is 0.340 e. The Morgan fingerprint density at radius 3 is 2.94 bits per heavy atom. The zero-order valence-electron chi connectivity index (χ0n) is 8.88. The van der Waals surface area contributed by atoms with Gasteiger partial charge in [0.05, 0.1) is 18.4 Å². The first-order valence-corrected chi connectivity index (χ1v) is 5.66. The highest BCUT2D eigenvalue weighted by molar-refractivity contribution is 9.10. The van der Waals surface area contributed by atoms with Crippen molar-refractivity contribution in [1.29, 1.82) is 0 Å². The van der Waals surface area contributed by atoms with E-state index in [0.717, 1.165) is 29.5 Å². The van der Waals surface area contributed by atoms with Crippen molar-refractivity contribution in [2.24, 2.45) is 0 Å². The number of hydrogen-bond acceptors (Lipinski definition) is 3. The first kappa shape index (κ1) is 13.3. The van der Waals surface area contributed by atoms with Crippen molar-refractivity contribution in [3.05, 3.63) is 27.7 Å². The first-order chi connectivity index (χ1) is 7.22. The quantitative estimate of drug-likeness (QED) is 0.811. The van der Waals surface area contributed by atoms with Gasteiger partial charge in [0.1, 0.15) is 0 Å². The first-order valence-electron chi connectivity index (χ1n) is 4.87. The molecule has 3 nitrogen and oxygen atoms in total. The molecule has 0 amide bonds. The van der Waals surface area contributed by atoms with Crippen LogP contribution in [0.3, 0.4) is 0 Å². The van der Waals surface area contributed by atoms with Gasteiger partial charge in [-0.3, -0.25) is 0 Å². The van der Waals surface area contributed by atoms with E-state index in [1.807, 2.05) is 6.07 Å². The molecule has 1 aliphatic heterocycles. The Hall–Kier alpha value is -0.740. The van der Waals surface area contributed by atoms with Crippen molar-refractivity contribution < 1.29 is 9.53 Å². The summed E-state index contributed by atoms with van der Waals surface area (Å²) >= 11 is 3.40. The minimum Gasteiger partial charge on any atom is -0.465 e. The lowest BCUT2D eigenvalue weighted by Gasteiger charge is -2.20. The van der Waals surface area contributed by atoms with Crippen LogP contribution in [-0.4, -0.2) is 19.6 Å². The summed E-state index contributed by atoms with van der Waals surface area (Å²) in [5, 5.41) is 3.25. The molecule has 0 atom stereocenters. The van der Waals surface area contributed by atoms with Crippen LogP contribution in [0.2, 0.25) is 0 Å². The predicted molar refractivity (Wildman–Crippen MR) is 69.5 cm³/mol. The molecule has 2 rings (SSSR count). The lowest BCUT2D eigenvalue weighted by atomic mass is 9.99.